The Hall–Kier alpha value is -0.0800. The molecule has 1 rings (SSSR count). The van der Waals surface area contributed by atoms with Crippen molar-refractivity contribution < 1.29 is 5.11 Å². The van der Waals surface area contributed by atoms with E-state index in [4.69, 9.17) is 0 Å². The van der Waals surface area contributed by atoms with Crippen molar-refractivity contribution in [2.75, 3.05) is 6.54 Å². The van der Waals surface area contributed by atoms with Crippen molar-refractivity contribution in [3.8, 4) is 0 Å². The summed E-state index contributed by atoms with van der Waals surface area (Å²) in [6, 6.07) is 0.597. The number of hydrogen-bond acceptors (Lipinski definition) is 2. The second-order valence-corrected chi connectivity index (χ2v) is 3.95. The molecule has 0 heterocycles. The smallest absolute Gasteiger partial charge is 0.0662 e. The van der Waals surface area contributed by atoms with Gasteiger partial charge in [-0.05, 0) is 32.1 Å². The summed E-state index contributed by atoms with van der Waals surface area (Å²) in [5, 5.41) is 12.7. The van der Waals surface area contributed by atoms with Crippen LogP contribution in [0.4, 0.5) is 0 Å². The van der Waals surface area contributed by atoms with E-state index >= 15 is 0 Å². The van der Waals surface area contributed by atoms with Crippen LogP contribution in [0, 0.1) is 5.92 Å². The van der Waals surface area contributed by atoms with Crippen molar-refractivity contribution in [1.82, 2.24) is 5.32 Å². The molecule has 2 nitrogen and oxygen atoms in total. The van der Waals surface area contributed by atoms with E-state index < -0.39 is 0 Å². The minimum Gasteiger partial charge on any atom is -0.392 e. The molecule has 0 spiro atoms. The van der Waals surface area contributed by atoms with E-state index in [1.54, 1.807) is 0 Å². The summed E-state index contributed by atoms with van der Waals surface area (Å²) in [5.74, 6) is 0.869. The minimum atomic E-state index is -0.160. The second-order valence-electron chi connectivity index (χ2n) is 3.95. The number of hydrogen-bond donors (Lipinski definition) is 2. The van der Waals surface area contributed by atoms with Gasteiger partial charge < -0.3 is 10.4 Å². The lowest BCUT2D eigenvalue weighted by molar-refractivity contribution is 0.149. The molecule has 1 aliphatic rings. The van der Waals surface area contributed by atoms with E-state index in [0.29, 0.717) is 6.04 Å². The Morgan fingerprint density at radius 1 is 1.50 bits per heavy atom. The second kappa shape index (κ2) is 4.83. The highest BCUT2D eigenvalue weighted by Crippen LogP contribution is 2.29. The van der Waals surface area contributed by atoms with Crippen molar-refractivity contribution in [1.29, 1.82) is 0 Å². The van der Waals surface area contributed by atoms with Gasteiger partial charge in [0.2, 0.25) is 0 Å². The topological polar surface area (TPSA) is 32.3 Å². The van der Waals surface area contributed by atoms with Crippen LogP contribution in [-0.2, 0) is 0 Å². The summed E-state index contributed by atoms with van der Waals surface area (Å²) >= 11 is 0. The molecular formula is C10H21NO. The highest BCUT2D eigenvalue weighted by Gasteiger charge is 2.23. The zero-order valence-corrected chi connectivity index (χ0v) is 8.21. The molecule has 0 aromatic rings. The summed E-state index contributed by atoms with van der Waals surface area (Å²) in [7, 11) is 0. The fourth-order valence-electron chi connectivity index (χ4n) is 1.57. The van der Waals surface area contributed by atoms with Crippen LogP contribution in [0.1, 0.15) is 39.5 Å². The Balaban J connectivity index is 2.05. The third kappa shape index (κ3) is 2.76. The van der Waals surface area contributed by atoms with Crippen LogP contribution in [0.2, 0.25) is 0 Å². The maximum atomic E-state index is 9.32. The predicted molar refractivity (Wildman–Crippen MR) is 51.1 cm³/mol. The molecule has 2 N–H and O–H groups in total. The molecule has 0 radical (unpaired) electrons. The van der Waals surface area contributed by atoms with Gasteiger partial charge in [0.1, 0.15) is 0 Å². The third-order valence-corrected chi connectivity index (χ3v) is 3.00. The van der Waals surface area contributed by atoms with Gasteiger partial charge in [-0.2, -0.15) is 0 Å². The van der Waals surface area contributed by atoms with Crippen LogP contribution in [0.5, 0.6) is 0 Å². The molecule has 0 amide bonds. The van der Waals surface area contributed by atoms with E-state index in [0.717, 1.165) is 18.9 Å². The molecule has 2 atom stereocenters. The predicted octanol–water partition coefficient (Wildman–Crippen LogP) is 1.54. The molecule has 0 aliphatic heterocycles. The van der Waals surface area contributed by atoms with E-state index in [-0.39, 0.29) is 6.10 Å². The lowest BCUT2D eigenvalue weighted by Crippen LogP contribution is -2.40. The SMILES string of the molecule is CCC(O)CNC(C)C1CCC1. The summed E-state index contributed by atoms with van der Waals surface area (Å²) in [5.41, 5.74) is 0. The van der Waals surface area contributed by atoms with E-state index in [9.17, 15) is 5.11 Å². The molecule has 2 unspecified atom stereocenters. The van der Waals surface area contributed by atoms with Crippen molar-refractivity contribution in [2.45, 2.75) is 51.7 Å². The van der Waals surface area contributed by atoms with Crippen LogP contribution in [0.15, 0.2) is 0 Å². The van der Waals surface area contributed by atoms with Crippen LogP contribution < -0.4 is 5.32 Å². The average molecular weight is 171 g/mol. The molecule has 2 heteroatoms. The van der Waals surface area contributed by atoms with Crippen molar-refractivity contribution in [3.05, 3.63) is 0 Å². The maximum absolute atomic E-state index is 9.32. The van der Waals surface area contributed by atoms with Gasteiger partial charge >= 0.3 is 0 Å². The maximum Gasteiger partial charge on any atom is 0.0662 e. The number of rotatable bonds is 5. The molecule has 0 aromatic carbocycles. The Morgan fingerprint density at radius 2 is 2.17 bits per heavy atom. The summed E-state index contributed by atoms with van der Waals surface area (Å²) in [6.45, 7) is 5.00. The van der Waals surface area contributed by atoms with Gasteiger partial charge in [-0.1, -0.05) is 13.3 Å². The number of nitrogens with one attached hydrogen (secondary N) is 1. The zero-order chi connectivity index (χ0) is 8.97. The largest absolute Gasteiger partial charge is 0.392 e. The first-order chi connectivity index (χ1) is 5.74. The zero-order valence-electron chi connectivity index (χ0n) is 8.21. The molecule has 0 aromatic heterocycles. The van der Waals surface area contributed by atoms with Crippen LogP contribution in [-0.4, -0.2) is 23.8 Å². The van der Waals surface area contributed by atoms with Crippen LogP contribution in [0.3, 0.4) is 0 Å². The third-order valence-electron chi connectivity index (χ3n) is 3.00. The van der Waals surface area contributed by atoms with Gasteiger partial charge in [-0.25, -0.2) is 0 Å². The van der Waals surface area contributed by atoms with Gasteiger partial charge in [0, 0.05) is 12.6 Å². The molecule has 0 bridgehead atoms. The Kier molecular flexibility index (Phi) is 4.02. The first-order valence-electron chi connectivity index (χ1n) is 5.15. The molecule has 1 saturated carbocycles. The average Bonchev–Trinajstić information content (AvgIpc) is 1.97. The summed E-state index contributed by atoms with van der Waals surface area (Å²) in [4.78, 5) is 0. The monoisotopic (exact) mass is 171 g/mol. The Morgan fingerprint density at radius 3 is 2.58 bits per heavy atom. The highest BCUT2D eigenvalue weighted by molar-refractivity contribution is 4.79. The lowest BCUT2D eigenvalue weighted by Gasteiger charge is -2.32. The molecule has 0 saturated heterocycles. The van der Waals surface area contributed by atoms with E-state index in [1.165, 1.54) is 19.3 Å². The standard InChI is InChI=1S/C10H21NO/c1-3-10(12)7-11-8(2)9-5-4-6-9/h8-12H,3-7H2,1-2H3. The number of aliphatic hydroxyl groups excluding tert-OH is 1. The fourth-order valence-corrected chi connectivity index (χ4v) is 1.57. The Bertz CT molecular complexity index is 123. The molecular weight excluding hydrogens is 150 g/mol. The molecule has 12 heavy (non-hydrogen) atoms. The minimum absolute atomic E-state index is 0.160. The fraction of sp³-hybridized carbons (Fsp3) is 1.00. The van der Waals surface area contributed by atoms with Crippen LogP contribution >= 0.6 is 0 Å². The number of aliphatic hydroxyl groups is 1. The lowest BCUT2D eigenvalue weighted by atomic mass is 9.80. The van der Waals surface area contributed by atoms with Crippen molar-refractivity contribution >= 4 is 0 Å². The first kappa shape index (κ1) is 10.0. The Labute approximate surface area is 75.4 Å². The quantitative estimate of drug-likeness (QED) is 0.657. The van der Waals surface area contributed by atoms with Gasteiger partial charge in [0.15, 0.2) is 0 Å². The summed E-state index contributed by atoms with van der Waals surface area (Å²) < 4.78 is 0. The summed E-state index contributed by atoms with van der Waals surface area (Å²) in [6.07, 6.45) is 4.83. The normalized spacial score (nSPS) is 23.2. The highest BCUT2D eigenvalue weighted by atomic mass is 16.3. The van der Waals surface area contributed by atoms with Gasteiger partial charge in [-0.15, -0.1) is 0 Å². The van der Waals surface area contributed by atoms with Gasteiger partial charge in [0.05, 0.1) is 6.10 Å². The van der Waals surface area contributed by atoms with E-state index in [1.807, 2.05) is 6.92 Å². The van der Waals surface area contributed by atoms with E-state index in [2.05, 4.69) is 12.2 Å². The molecule has 1 aliphatic carbocycles. The van der Waals surface area contributed by atoms with Crippen molar-refractivity contribution in [2.24, 2.45) is 5.92 Å². The molecule has 1 fully saturated rings. The molecule has 72 valence electrons. The van der Waals surface area contributed by atoms with Gasteiger partial charge in [0.25, 0.3) is 0 Å². The van der Waals surface area contributed by atoms with Crippen LogP contribution in [0.25, 0.3) is 0 Å². The first-order valence-corrected chi connectivity index (χ1v) is 5.15. The van der Waals surface area contributed by atoms with Crippen molar-refractivity contribution in [3.63, 3.8) is 0 Å². The van der Waals surface area contributed by atoms with Gasteiger partial charge in [-0.3, -0.25) is 0 Å².